The van der Waals surface area contributed by atoms with Crippen molar-refractivity contribution in [3.05, 3.63) is 71.2 Å². The molecule has 1 aliphatic rings. The topological polar surface area (TPSA) is 93.5 Å². The van der Waals surface area contributed by atoms with Gasteiger partial charge in [-0.2, -0.15) is 0 Å². The molecule has 3 aromatic rings. The summed E-state index contributed by atoms with van der Waals surface area (Å²) in [6.07, 6.45) is 0.764. The van der Waals surface area contributed by atoms with Crippen molar-refractivity contribution in [2.45, 2.75) is 25.8 Å². The number of aliphatic imine (C=N–C) groups is 1. The number of rotatable bonds is 4. The summed E-state index contributed by atoms with van der Waals surface area (Å²) in [7, 11) is 0. The fourth-order valence-corrected chi connectivity index (χ4v) is 4.44. The molecule has 1 amide bonds. The van der Waals surface area contributed by atoms with Crippen molar-refractivity contribution >= 4 is 28.5 Å². The van der Waals surface area contributed by atoms with Crippen molar-refractivity contribution in [1.29, 1.82) is 0 Å². The molecule has 30 heavy (non-hydrogen) atoms. The highest BCUT2D eigenvalue weighted by atomic mass is 32.2. The van der Waals surface area contributed by atoms with Gasteiger partial charge < -0.3 is 15.6 Å². The number of nitrogens with two attached hydrogens (primary N) is 1. The first-order valence-electron chi connectivity index (χ1n) is 9.48. The van der Waals surface area contributed by atoms with Gasteiger partial charge in [0.25, 0.3) is 5.91 Å². The molecule has 1 unspecified atom stereocenters. The van der Waals surface area contributed by atoms with Crippen LogP contribution in [0.2, 0.25) is 0 Å². The lowest BCUT2D eigenvalue weighted by molar-refractivity contribution is 0.102. The average molecular weight is 425 g/mol. The Labute approximate surface area is 177 Å². The number of carbonyl (C=O) groups excluding carboxylic acids is 1. The van der Waals surface area contributed by atoms with Crippen LogP contribution in [0.15, 0.2) is 58.0 Å². The third kappa shape index (κ3) is 3.82. The number of halogens is 1. The molecule has 0 saturated carbocycles. The van der Waals surface area contributed by atoms with Gasteiger partial charge in [0.05, 0.1) is 11.2 Å². The fraction of sp³-hybridized carbons (Fsp3) is 0.227. The first kappa shape index (κ1) is 20.2. The fourth-order valence-electron chi connectivity index (χ4n) is 3.47. The molecule has 8 heteroatoms. The number of nitrogens with one attached hydrogen (secondary N) is 1. The maximum Gasteiger partial charge on any atom is 0.261 e. The molecule has 0 aliphatic carbocycles. The summed E-state index contributed by atoms with van der Waals surface area (Å²) in [4.78, 5) is 17.6. The molecule has 0 bridgehead atoms. The van der Waals surface area contributed by atoms with Crippen molar-refractivity contribution < 1.29 is 13.7 Å². The van der Waals surface area contributed by atoms with Crippen LogP contribution in [0.5, 0.6) is 0 Å². The number of aryl methyl sites for hydroxylation is 1. The second-order valence-corrected chi connectivity index (χ2v) is 8.41. The lowest BCUT2D eigenvalue weighted by Crippen LogP contribution is -2.29. The molecule has 0 fully saturated rings. The zero-order chi connectivity index (χ0) is 21.3. The van der Waals surface area contributed by atoms with Crippen LogP contribution in [-0.2, 0) is 5.54 Å². The van der Waals surface area contributed by atoms with Gasteiger partial charge in [0.15, 0.2) is 5.17 Å². The van der Waals surface area contributed by atoms with Crippen LogP contribution in [0.3, 0.4) is 0 Å². The summed E-state index contributed by atoms with van der Waals surface area (Å²) in [6, 6.07) is 13.9. The number of hydrogen-bond acceptors (Lipinski definition) is 6. The largest absolute Gasteiger partial charge is 0.379 e. The molecular formula is C22H21FN4O2S. The summed E-state index contributed by atoms with van der Waals surface area (Å²) in [5.74, 6) is 0.159. The Bertz CT molecular complexity index is 1130. The molecule has 0 radical (unpaired) electrons. The van der Waals surface area contributed by atoms with E-state index in [1.807, 2.05) is 37.3 Å². The van der Waals surface area contributed by atoms with Crippen LogP contribution in [0.4, 0.5) is 10.1 Å². The smallest absolute Gasteiger partial charge is 0.261 e. The van der Waals surface area contributed by atoms with Gasteiger partial charge in [0.1, 0.15) is 22.8 Å². The predicted molar refractivity (Wildman–Crippen MR) is 117 cm³/mol. The maximum absolute atomic E-state index is 14.5. The SMILES string of the molecule is Cc1onc(-c2ccccc2)c1C(=O)Nc1cc(C2(C)CCSC(N)=N2)ccc1F. The first-order chi connectivity index (χ1) is 14.4. The van der Waals surface area contributed by atoms with Crippen LogP contribution >= 0.6 is 11.8 Å². The van der Waals surface area contributed by atoms with E-state index in [9.17, 15) is 9.18 Å². The molecular weight excluding hydrogens is 403 g/mol. The number of hydrogen-bond donors (Lipinski definition) is 2. The molecule has 0 saturated heterocycles. The van der Waals surface area contributed by atoms with E-state index >= 15 is 0 Å². The molecule has 1 aromatic heterocycles. The zero-order valence-electron chi connectivity index (χ0n) is 16.6. The normalized spacial score (nSPS) is 18.7. The summed E-state index contributed by atoms with van der Waals surface area (Å²) in [5.41, 5.74) is 7.62. The van der Waals surface area contributed by atoms with Crippen molar-refractivity contribution in [1.82, 2.24) is 5.16 Å². The predicted octanol–water partition coefficient (Wildman–Crippen LogP) is 4.71. The molecule has 1 atom stereocenters. The molecule has 3 N–H and O–H groups in total. The molecule has 4 rings (SSSR count). The van der Waals surface area contributed by atoms with Gasteiger partial charge in [-0.25, -0.2) is 4.39 Å². The van der Waals surface area contributed by atoms with E-state index < -0.39 is 17.3 Å². The van der Waals surface area contributed by atoms with Crippen LogP contribution in [-0.4, -0.2) is 22.0 Å². The maximum atomic E-state index is 14.5. The van der Waals surface area contributed by atoms with Crippen LogP contribution < -0.4 is 11.1 Å². The van der Waals surface area contributed by atoms with E-state index in [0.29, 0.717) is 16.6 Å². The van der Waals surface area contributed by atoms with Gasteiger partial charge in [-0.3, -0.25) is 9.79 Å². The van der Waals surface area contributed by atoms with Gasteiger partial charge in [-0.1, -0.05) is 53.3 Å². The second kappa shape index (κ2) is 7.95. The minimum absolute atomic E-state index is 0.0744. The summed E-state index contributed by atoms with van der Waals surface area (Å²) < 4.78 is 19.8. The van der Waals surface area contributed by atoms with E-state index in [1.54, 1.807) is 19.1 Å². The highest BCUT2D eigenvalue weighted by molar-refractivity contribution is 8.13. The molecule has 2 aromatic carbocycles. The van der Waals surface area contributed by atoms with Gasteiger partial charge >= 0.3 is 0 Å². The first-order valence-corrected chi connectivity index (χ1v) is 10.5. The Kier molecular flexibility index (Phi) is 5.34. The van der Waals surface area contributed by atoms with E-state index in [2.05, 4.69) is 15.5 Å². The number of anilines is 1. The van der Waals surface area contributed by atoms with Gasteiger partial charge in [0, 0.05) is 11.3 Å². The molecule has 154 valence electrons. The minimum atomic E-state index is -0.565. The Morgan fingerprint density at radius 2 is 2.03 bits per heavy atom. The Balaban J connectivity index is 1.67. The number of nitrogens with zero attached hydrogens (tertiary/aromatic N) is 2. The molecule has 0 spiro atoms. The van der Waals surface area contributed by atoms with Crippen molar-refractivity contribution in [3.8, 4) is 11.3 Å². The number of thioether (sulfide) groups is 1. The molecule has 6 nitrogen and oxygen atoms in total. The van der Waals surface area contributed by atoms with E-state index in [4.69, 9.17) is 10.3 Å². The Morgan fingerprint density at radius 1 is 1.27 bits per heavy atom. The monoisotopic (exact) mass is 424 g/mol. The third-order valence-corrected chi connectivity index (χ3v) is 5.96. The number of amidine groups is 1. The van der Waals surface area contributed by atoms with Crippen molar-refractivity contribution in [2.75, 3.05) is 11.1 Å². The summed E-state index contributed by atoms with van der Waals surface area (Å²) >= 11 is 1.50. The van der Waals surface area contributed by atoms with Crippen LogP contribution in [0.25, 0.3) is 11.3 Å². The van der Waals surface area contributed by atoms with Crippen LogP contribution in [0, 0.1) is 12.7 Å². The highest BCUT2D eigenvalue weighted by Crippen LogP contribution is 2.36. The van der Waals surface area contributed by atoms with Crippen molar-refractivity contribution in [3.63, 3.8) is 0 Å². The van der Waals surface area contributed by atoms with Gasteiger partial charge in [-0.15, -0.1) is 0 Å². The van der Waals surface area contributed by atoms with Crippen LogP contribution in [0.1, 0.15) is 35.0 Å². The number of aromatic nitrogens is 1. The second-order valence-electron chi connectivity index (χ2n) is 7.30. The van der Waals surface area contributed by atoms with Gasteiger partial charge in [-0.05, 0) is 38.0 Å². The number of amides is 1. The quantitative estimate of drug-likeness (QED) is 0.633. The van der Waals surface area contributed by atoms with Crippen molar-refractivity contribution in [2.24, 2.45) is 10.7 Å². The molecule has 2 heterocycles. The highest BCUT2D eigenvalue weighted by Gasteiger charge is 2.30. The standard InChI is InChI=1S/C22H21FN4O2S/c1-13-18(19(27-29-13)14-6-4-3-5-7-14)20(28)25-17-12-15(8-9-16(17)23)22(2)10-11-30-21(24)26-22/h3-9,12H,10-11H2,1-2H3,(H2,24,26)(H,25,28). The Hall–Kier alpha value is -3.13. The average Bonchev–Trinajstić information content (AvgIpc) is 3.11. The van der Waals surface area contributed by atoms with Gasteiger partial charge in [0.2, 0.25) is 0 Å². The number of carbonyl (C=O) groups is 1. The third-order valence-electron chi connectivity index (χ3n) is 5.17. The van der Waals surface area contributed by atoms with E-state index in [0.717, 1.165) is 23.3 Å². The minimum Gasteiger partial charge on any atom is -0.379 e. The summed E-state index contributed by atoms with van der Waals surface area (Å²) in [6.45, 7) is 3.61. The zero-order valence-corrected chi connectivity index (χ0v) is 17.4. The molecule has 1 aliphatic heterocycles. The lowest BCUT2D eigenvalue weighted by Gasteiger charge is -2.30. The number of benzene rings is 2. The Morgan fingerprint density at radius 3 is 2.77 bits per heavy atom. The van der Waals surface area contributed by atoms with E-state index in [1.165, 1.54) is 17.8 Å². The summed E-state index contributed by atoms with van der Waals surface area (Å²) in [5, 5.41) is 7.20. The lowest BCUT2D eigenvalue weighted by atomic mass is 9.89. The van der Waals surface area contributed by atoms with E-state index in [-0.39, 0.29) is 11.3 Å².